The first kappa shape index (κ1) is 23.4. The molecule has 180 valence electrons. The van der Waals surface area contributed by atoms with Gasteiger partial charge in [0.25, 0.3) is 0 Å². The average Bonchev–Trinajstić information content (AvgIpc) is 3.34. The Balaban J connectivity index is 1.54. The number of aliphatic hydroxyl groups is 1. The van der Waals surface area contributed by atoms with E-state index in [9.17, 15) is 13.5 Å². The van der Waals surface area contributed by atoms with E-state index in [2.05, 4.69) is 17.2 Å². The minimum absolute atomic E-state index is 0.0330. The van der Waals surface area contributed by atoms with Crippen LogP contribution < -0.4 is 10.1 Å². The molecule has 3 aromatic rings. The summed E-state index contributed by atoms with van der Waals surface area (Å²) in [5.74, 6) is 7.09. The first-order chi connectivity index (χ1) is 16.9. The number of sulfonamides is 1. The van der Waals surface area contributed by atoms with Gasteiger partial charge in [-0.05, 0) is 67.4 Å². The molecule has 0 amide bonds. The zero-order valence-electron chi connectivity index (χ0n) is 19.7. The van der Waals surface area contributed by atoms with Crippen molar-refractivity contribution in [2.24, 2.45) is 5.92 Å². The van der Waals surface area contributed by atoms with Gasteiger partial charge in [-0.25, -0.2) is 8.42 Å². The van der Waals surface area contributed by atoms with Crippen LogP contribution in [0.25, 0.3) is 0 Å². The number of ether oxygens (including phenoxy) is 1. The van der Waals surface area contributed by atoms with Gasteiger partial charge in [0, 0.05) is 29.3 Å². The van der Waals surface area contributed by atoms with Crippen LogP contribution in [0.4, 0.5) is 5.69 Å². The molecule has 0 aromatic heterocycles. The van der Waals surface area contributed by atoms with E-state index in [1.165, 1.54) is 0 Å². The van der Waals surface area contributed by atoms with E-state index in [0.717, 1.165) is 33.7 Å². The summed E-state index contributed by atoms with van der Waals surface area (Å²) >= 11 is 0. The number of aliphatic hydroxyl groups excluding tert-OH is 1. The molecular formula is C28H28N2O4S. The first-order valence-electron chi connectivity index (χ1n) is 11.7. The monoisotopic (exact) mass is 488 g/mol. The Morgan fingerprint density at radius 2 is 1.80 bits per heavy atom. The third kappa shape index (κ3) is 4.41. The highest BCUT2D eigenvalue weighted by Gasteiger charge is 2.48. The van der Waals surface area contributed by atoms with Crippen molar-refractivity contribution >= 4 is 15.7 Å². The molecule has 7 heteroatoms. The lowest BCUT2D eigenvalue weighted by Crippen LogP contribution is -2.42. The largest absolute Gasteiger partial charge is 0.497 e. The summed E-state index contributed by atoms with van der Waals surface area (Å²) in [4.78, 5) is 0.290. The van der Waals surface area contributed by atoms with Crippen LogP contribution in [0.3, 0.4) is 0 Å². The van der Waals surface area contributed by atoms with Crippen molar-refractivity contribution in [1.82, 2.24) is 4.31 Å². The minimum Gasteiger partial charge on any atom is -0.497 e. The number of benzene rings is 3. The second kappa shape index (κ2) is 9.38. The maximum atomic E-state index is 13.7. The number of methoxy groups -OCH3 is 1. The Kier molecular flexibility index (Phi) is 6.28. The van der Waals surface area contributed by atoms with E-state index in [0.29, 0.717) is 17.9 Å². The number of hydrogen-bond acceptors (Lipinski definition) is 5. The molecule has 0 saturated carbocycles. The standard InChI is InChI=1S/C28H28N2O4S/c1-19-6-11-23(12-7-19)35(32,33)30-15-14-24-27(18-31)29-26-13-10-21(17-25(26)28(24)30)9-8-20-4-3-5-22(16-20)34-2/h3-7,10-13,16-17,24,27-29,31H,14-15,18H2,1-2H3/t24-,27+,28-/m0/s1. The number of rotatable bonds is 4. The van der Waals surface area contributed by atoms with Crippen LogP contribution in [0.1, 0.15) is 34.7 Å². The van der Waals surface area contributed by atoms with E-state index in [-0.39, 0.29) is 24.6 Å². The van der Waals surface area contributed by atoms with Gasteiger partial charge in [-0.1, -0.05) is 35.6 Å². The van der Waals surface area contributed by atoms with Crippen molar-refractivity contribution in [3.63, 3.8) is 0 Å². The van der Waals surface area contributed by atoms with Crippen molar-refractivity contribution in [3.8, 4) is 17.6 Å². The van der Waals surface area contributed by atoms with Gasteiger partial charge in [0.15, 0.2) is 0 Å². The van der Waals surface area contributed by atoms with Crippen LogP contribution in [0.5, 0.6) is 5.75 Å². The van der Waals surface area contributed by atoms with Gasteiger partial charge in [0.05, 0.1) is 30.7 Å². The lowest BCUT2D eigenvalue weighted by Gasteiger charge is -2.38. The number of aryl methyl sites for hydroxylation is 1. The summed E-state index contributed by atoms with van der Waals surface area (Å²) in [5.41, 5.74) is 4.38. The van der Waals surface area contributed by atoms with Gasteiger partial charge < -0.3 is 15.2 Å². The smallest absolute Gasteiger partial charge is 0.243 e. The summed E-state index contributed by atoms with van der Waals surface area (Å²) in [6, 6.07) is 19.8. The minimum atomic E-state index is -3.70. The molecule has 0 unspecified atom stereocenters. The molecule has 3 atom stereocenters. The Labute approximate surface area is 206 Å². The normalized spacial score (nSPS) is 21.3. The van der Waals surface area contributed by atoms with Crippen molar-refractivity contribution in [3.05, 3.63) is 89.0 Å². The van der Waals surface area contributed by atoms with Crippen LogP contribution in [-0.4, -0.2) is 44.1 Å². The molecule has 2 aliphatic heterocycles. The number of nitrogens with zero attached hydrogens (tertiary/aromatic N) is 1. The molecule has 2 N–H and O–H groups in total. The van der Waals surface area contributed by atoms with Crippen molar-refractivity contribution < 1.29 is 18.3 Å². The third-order valence-corrected chi connectivity index (χ3v) is 8.77. The summed E-state index contributed by atoms with van der Waals surface area (Å²) < 4.78 is 34.2. The average molecular weight is 489 g/mol. The fourth-order valence-electron chi connectivity index (χ4n) is 5.06. The van der Waals surface area contributed by atoms with Crippen LogP contribution in [0, 0.1) is 24.7 Å². The summed E-state index contributed by atoms with van der Waals surface area (Å²) in [6.45, 7) is 2.28. The SMILES string of the molecule is COc1cccc(C#Cc2ccc3c(c2)[C@@H]2[C@@H](CCN2S(=O)(=O)c2ccc(C)cc2)[C@@H](CO)N3)c1. The Morgan fingerprint density at radius 3 is 2.51 bits per heavy atom. The zero-order chi connectivity index (χ0) is 24.6. The van der Waals surface area contributed by atoms with Gasteiger partial charge in [0.2, 0.25) is 10.0 Å². The van der Waals surface area contributed by atoms with Gasteiger partial charge in [-0.15, -0.1) is 0 Å². The Morgan fingerprint density at radius 1 is 1.06 bits per heavy atom. The molecule has 2 aliphatic rings. The van der Waals surface area contributed by atoms with Gasteiger partial charge in [0.1, 0.15) is 5.75 Å². The molecule has 5 rings (SSSR count). The molecule has 2 heterocycles. The maximum absolute atomic E-state index is 13.7. The van der Waals surface area contributed by atoms with E-state index in [1.807, 2.05) is 61.5 Å². The molecular weight excluding hydrogens is 460 g/mol. The van der Waals surface area contributed by atoms with Crippen LogP contribution in [0.2, 0.25) is 0 Å². The van der Waals surface area contributed by atoms with E-state index in [4.69, 9.17) is 4.74 Å². The molecule has 0 radical (unpaired) electrons. The van der Waals surface area contributed by atoms with Crippen LogP contribution in [-0.2, 0) is 10.0 Å². The first-order valence-corrected chi connectivity index (χ1v) is 13.1. The highest BCUT2D eigenvalue weighted by Crippen LogP contribution is 2.48. The van der Waals surface area contributed by atoms with Crippen molar-refractivity contribution in [2.75, 3.05) is 25.6 Å². The van der Waals surface area contributed by atoms with Gasteiger partial charge in [-0.3, -0.25) is 0 Å². The lowest BCUT2D eigenvalue weighted by molar-refractivity contribution is 0.210. The number of hydrogen-bond donors (Lipinski definition) is 2. The van der Waals surface area contributed by atoms with E-state index < -0.39 is 10.0 Å². The summed E-state index contributed by atoms with van der Waals surface area (Å²) in [5, 5.41) is 13.5. The molecule has 0 spiro atoms. The zero-order valence-corrected chi connectivity index (χ0v) is 20.5. The fraction of sp³-hybridized carbons (Fsp3) is 0.286. The maximum Gasteiger partial charge on any atom is 0.243 e. The molecule has 35 heavy (non-hydrogen) atoms. The van der Waals surface area contributed by atoms with Gasteiger partial charge in [-0.2, -0.15) is 4.31 Å². The molecule has 0 bridgehead atoms. The number of nitrogens with one attached hydrogen (secondary N) is 1. The topological polar surface area (TPSA) is 78.9 Å². The fourth-order valence-corrected chi connectivity index (χ4v) is 6.72. The van der Waals surface area contributed by atoms with Crippen LogP contribution in [0.15, 0.2) is 71.6 Å². The lowest BCUT2D eigenvalue weighted by atomic mass is 9.83. The van der Waals surface area contributed by atoms with Crippen LogP contribution >= 0.6 is 0 Å². The molecule has 1 saturated heterocycles. The third-order valence-electron chi connectivity index (χ3n) is 6.87. The Hall–Kier alpha value is -3.31. The second-order valence-corrected chi connectivity index (χ2v) is 10.9. The highest BCUT2D eigenvalue weighted by atomic mass is 32.2. The summed E-state index contributed by atoms with van der Waals surface area (Å²) in [6.07, 6.45) is 0.674. The van der Waals surface area contributed by atoms with E-state index >= 15 is 0 Å². The second-order valence-electron chi connectivity index (χ2n) is 9.04. The van der Waals surface area contributed by atoms with Gasteiger partial charge >= 0.3 is 0 Å². The number of anilines is 1. The molecule has 3 aromatic carbocycles. The predicted molar refractivity (Wildman–Crippen MR) is 136 cm³/mol. The predicted octanol–water partition coefficient (Wildman–Crippen LogP) is 3.94. The number of fused-ring (bicyclic) bond motifs is 3. The quantitative estimate of drug-likeness (QED) is 0.544. The molecule has 0 aliphatic carbocycles. The highest BCUT2D eigenvalue weighted by molar-refractivity contribution is 7.89. The van der Waals surface area contributed by atoms with Crippen molar-refractivity contribution in [2.45, 2.75) is 30.3 Å². The van der Waals surface area contributed by atoms with Crippen molar-refractivity contribution in [1.29, 1.82) is 0 Å². The Bertz CT molecular complexity index is 1410. The molecule has 1 fully saturated rings. The molecule has 6 nitrogen and oxygen atoms in total. The van der Waals surface area contributed by atoms with E-state index in [1.54, 1.807) is 23.5 Å². The summed E-state index contributed by atoms with van der Waals surface area (Å²) in [7, 11) is -2.08.